The van der Waals surface area contributed by atoms with Gasteiger partial charge in [0.1, 0.15) is 8.07 Å². The highest BCUT2D eigenvalue weighted by Crippen LogP contribution is 2.06. The van der Waals surface area contributed by atoms with E-state index in [0.717, 1.165) is 0 Å². The van der Waals surface area contributed by atoms with Gasteiger partial charge >= 0.3 is 0 Å². The van der Waals surface area contributed by atoms with E-state index in [0.29, 0.717) is 0 Å². The smallest absolute Gasteiger partial charge is 0.127 e. The molecule has 92 valence electrons. The molecule has 0 rings (SSSR count). The van der Waals surface area contributed by atoms with Crippen molar-refractivity contribution in [3.05, 3.63) is 12.2 Å². The maximum absolute atomic E-state index is 3.34. The van der Waals surface area contributed by atoms with E-state index in [4.69, 9.17) is 0 Å². The van der Waals surface area contributed by atoms with Crippen LogP contribution in [0.3, 0.4) is 0 Å². The van der Waals surface area contributed by atoms with Crippen LogP contribution in [-0.2, 0) is 0 Å². The Labute approximate surface area is 104 Å². The Bertz CT molecular complexity index is 234. The molecule has 0 aromatic rings. The summed E-state index contributed by atoms with van der Waals surface area (Å²) in [5.74, 6) is 3.17. The normalized spacial score (nSPS) is 11.5. The molecule has 0 aliphatic carbocycles. The second-order valence-electron chi connectivity index (χ2n) is 5.48. The van der Waals surface area contributed by atoms with Gasteiger partial charge in [-0.3, -0.25) is 0 Å². The second-order valence-corrected chi connectivity index (χ2v) is 10.2. The lowest BCUT2D eigenvalue weighted by atomic mass is 10.1. The van der Waals surface area contributed by atoms with Crippen molar-refractivity contribution < 1.29 is 0 Å². The molecule has 0 nitrogen and oxygen atoms in total. The molecular weight excluding hydrogens is 208 g/mol. The van der Waals surface area contributed by atoms with Crippen LogP contribution in [0.15, 0.2) is 12.2 Å². The van der Waals surface area contributed by atoms with Crippen LogP contribution < -0.4 is 0 Å². The highest BCUT2D eigenvalue weighted by atomic mass is 28.3. The lowest BCUT2D eigenvalue weighted by Gasteiger charge is -2.02. The zero-order valence-corrected chi connectivity index (χ0v) is 12.6. The van der Waals surface area contributed by atoms with Crippen LogP contribution in [0.5, 0.6) is 0 Å². The molecule has 0 amide bonds. The minimum atomic E-state index is -1.16. The standard InChI is InChI=1S/C15H28Si/c1-5-6-7-8-9-10-11-12-13-14-15-16(2,3)4/h12-13H,5-11H2,1-4H3/b13-12+. The summed E-state index contributed by atoms with van der Waals surface area (Å²) in [7, 11) is -1.16. The lowest BCUT2D eigenvalue weighted by molar-refractivity contribution is 0.611. The predicted molar refractivity (Wildman–Crippen MR) is 78.3 cm³/mol. The van der Waals surface area contributed by atoms with Gasteiger partial charge < -0.3 is 0 Å². The van der Waals surface area contributed by atoms with Crippen molar-refractivity contribution in [2.45, 2.75) is 71.5 Å². The summed E-state index contributed by atoms with van der Waals surface area (Å²) >= 11 is 0. The third-order valence-corrected chi connectivity index (χ3v) is 3.27. The van der Waals surface area contributed by atoms with Gasteiger partial charge in [-0.2, -0.15) is 0 Å². The largest absolute Gasteiger partial charge is 0.129 e. The Morgan fingerprint density at radius 1 is 0.938 bits per heavy atom. The lowest BCUT2D eigenvalue weighted by Crippen LogP contribution is -2.16. The van der Waals surface area contributed by atoms with Gasteiger partial charge in [-0.1, -0.05) is 70.7 Å². The third kappa shape index (κ3) is 13.5. The van der Waals surface area contributed by atoms with Crippen molar-refractivity contribution in [1.82, 2.24) is 0 Å². The van der Waals surface area contributed by atoms with Gasteiger partial charge in [0.05, 0.1) is 0 Å². The fraction of sp³-hybridized carbons (Fsp3) is 0.733. The monoisotopic (exact) mass is 236 g/mol. The van der Waals surface area contributed by atoms with E-state index in [-0.39, 0.29) is 0 Å². The van der Waals surface area contributed by atoms with Crippen molar-refractivity contribution >= 4 is 8.07 Å². The summed E-state index contributed by atoms with van der Waals surface area (Å²) in [6.07, 6.45) is 13.7. The molecule has 0 atom stereocenters. The second kappa shape index (κ2) is 9.72. The summed E-state index contributed by atoms with van der Waals surface area (Å²) in [5, 5.41) is 0. The van der Waals surface area contributed by atoms with Crippen LogP contribution in [0.4, 0.5) is 0 Å². The van der Waals surface area contributed by atoms with Crippen molar-refractivity contribution in [2.75, 3.05) is 0 Å². The van der Waals surface area contributed by atoms with Crippen LogP contribution in [0.2, 0.25) is 19.6 Å². The van der Waals surface area contributed by atoms with Gasteiger partial charge in [0.2, 0.25) is 0 Å². The Kier molecular flexibility index (Phi) is 9.43. The van der Waals surface area contributed by atoms with Crippen LogP contribution in [0.25, 0.3) is 0 Å². The van der Waals surface area contributed by atoms with Crippen molar-refractivity contribution in [1.29, 1.82) is 0 Å². The number of hydrogen-bond acceptors (Lipinski definition) is 0. The summed E-state index contributed by atoms with van der Waals surface area (Å²) in [5.41, 5.74) is 3.34. The average Bonchev–Trinajstić information content (AvgIpc) is 2.19. The molecule has 0 heterocycles. The van der Waals surface area contributed by atoms with E-state index in [1.54, 1.807) is 0 Å². The molecular formula is C15H28Si. The number of rotatable bonds is 7. The van der Waals surface area contributed by atoms with Crippen LogP contribution in [0.1, 0.15) is 51.9 Å². The topological polar surface area (TPSA) is 0 Å². The molecule has 0 unspecified atom stereocenters. The first-order valence-corrected chi connectivity index (χ1v) is 10.2. The van der Waals surface area contributed by atoms with Gasteiger partial charge in [0, 0.05) is 0 Å². The van der Waals surface area contributed by atoms with E-state index < -0.39 is 8.07 Å². The highest BCUT2D eigenvalue weighted by Gasteiger charge is 2.06. The highest BCUT2D eigenvalue weighted by molar-refractivity contribution is 6.83. The molecule has 0 saturated heterocycles. The molecule has 0 aromatic heterocycles. The molecule has 1 heteroatoms. The van der Waals surface area contributed by atoms with E-state index in [1.165, 1.54) is 44.9 Å². The quantitative estimate of drug-likeness (QED) is 0.325. The van der Waals surface area contributed by atoms with Crippen LogP contribution in [0, 0.1) is 11.5 Å². The van der Waals surface area contributed by atoms with E-state index in [2.05, 4.69) is 44.1 Å². The van der Waals surface area contributed by atoms with Gasteiger partial charge in [0.25, 0.3) is 0 Å². The van der Waals surface area contributed by atoms with Crippen molar-refractivity contribution in [3.63, 3.8) is 0 Å². The minimum absolute atomic E-state index is 1.16. The molecule has 0 aliphatic rings. The van der Waals surface area contributed by atoms with Crippen molar-refractivity contribution in [2.24, 2.45) is 0 Å². The minimum Gasteiger partial charge on any atom is -0.127 e. The fourth-order valence-corrected chi connectivity index (χ4v) is 1.96. The molecule has 0 N–H and O–H groups in total. The predicted octanol–water partition coefficient (Wildman–Crippen LogP) is 5.17. The Hall–Kier alpha value is -0.483. The molecule has 16 heavy (non-hydrogen) atoms. The Balaban J connectivity index is 3.37. The molecule has 0 bridgehead atoms. The van der Waals surface area contributed by atoms with Gasteiger partial charge in [-0.25, -0.2) is 0 Å². The maximum Gasteiger partial charge on any atom is 0.129 e. The molecule has 0 aromatic carbocycles. The third-order valence-electron chi connectivity index (χ3n) is 2.37. The van der Waals surface area contributed by atoms with E-state index >= 15 is 0 Å². The number of hydrogen-bond donors (Lipinski definition) is 0. The van der Waals surface area contributed by atoms with Gasteiger partial charge in [-0.15, -0.1) is 5.54 Å². The average molecular weight is 236 g/mol. The van der Waals surface area contributed by atoms with Gasteiger partial charge in [0.15, 0.2) is 0 Å². The first kappa shape index (κ1) is 15.5. The molecule has 0 aliphatic heterocycles. The van der Waals surface area contributed by atoms with Gasteiger partial charge in [-0.05, 0) is 18.9 Å². The van der Waals surface area contributed by atoms with Crippen molar-refractivity contribution in [3.8, 4) is 11.5 Å². The van der Waals surface area contributed by atoms with Crippen LogP contribution in [-0.4, -0.2) is 8.07 Å². The maximum atomic E-state index is 3.34. The summed E-state index contributed by atoms with van der Waals surface area (Å²) in [6.45, 7) is 9.10. The summed E-state index contributed by atoms with van der Waals surface area (Å²) < 4.78 is 0. The van der Waals surface area contributed by atoms with Crippen LogP contribution >= 0.6 is 0 Å². The number of unbranched alkanes of at least 4 members (excludes halogenated alkanes) is 6. The first-order valence-electron chi connectivity index (χ1n) is 6.74. The first-order chi connectivity index (χ1) is 7.56. The summed E-state index contributed by atoms with van der Waals surface area (Å²) in [4.78, 5) is 0. The molecule has 0 fully saturated rings. The Morgan fingerprint density at radius 3 is 2.19 bits per heavy atom. The Morgan fingerprint density at radius 2 is 1.56 bits per heavy atom. The molecule has 0 saturated carbocycles. The molecule has 0 spiro atoms. The fourth-order valence-electron chi connectivity index (χ4n) is 1.44. The SMILES string of the molecule is CCCCCCCC/C=C/C#C[Si](C)(C)C. The van der Waals surface area contributed by atoms with E-state index in [9.17, 15) is 0 Å². The van der Waals surface area contributed by atoms with E-state index in [1.807, 2.05) is 6.08 Å². The summed E-state index contributed by atoms with van der Waals surface area (Å²) in [6, 6.07) is 0. The number of allylic oxidation sites excluding steroid dienone is 2. The molecule has 0 radical (unpaired) electrons. The zero-order valence-electron chi connectivity index (χ0n) is 11.6. The zero-order chi connectivity index (χ0) is 12.3.